The number of benzene rings is 1. The molecule has 0 aliphatic carbocycles. The van der Waals surface area contributed by atoms with E-state index in [-0.39, 0.29) is 12.4 Å². The third-order valence-electron chi connectivity index (χ3n) is 2.42. The van der Waals surface area contributed by atoms with Crippen LogP contribution >= 0.6 is 0 Å². The molecule has 0 bridgehead atoms. The molecule has 6 heteroatoms. The average molecular weight is 265 g/mol. The van der Waals surface area contributed by atoms with Gasteiger partial charge in [-0.25, -0.2) is 4.39 Å². The molecule has 0 fully saturated rings. The molecule has 1 aromatic carbocycles. The van der Waals surface area contributed by atoms with Crippen molar-refractivity contribution < 1.29 is 13.7 Å². The Labute approximate surface area is 110 Å². The highest BCUT2D eigenvalue weighted by Crippen LogP contribution is 2.17. The predicted octanol–water partition coefficient (Wildman–Crippen LogP) is 2.29. The van der Waals surface area contributed by atoms with Gasteiger partial charge in [-0.1, -0.05) is 19.0 Å². The Morgan fingerprint density at radius 1 is 1.37 bits per heavy atom. The minimum absolute atomic E-state index is 0.150. The molecule has 0 amide bonds. The van der Waals surface area contributed by atoms with Crippen LogP contribution in [0, 0.1) is 5.82 Å². The monoisotopic (exact) mass is 265 g/mol. The van der Waals surface area contributed by atoms with Gasteiger partial charge in [0.2, 0.25) is 12.2 Å². The molecule has 2 aromatic rings. The largest absolute Gasteiger partial charge is 0.485 e. The summed E-state index contributed by atoms with van der Waals surface area (Å²) < 4.78 is 23.5. The number of hydrogen-bond donors (Lipinski definition) is 1. The normalized spacial score (nSPS) is 10.9. The maximum Gasteiger partial charge on any atom is 0.213 e. The van der Waals surface area contributed by atoms with Crippen LogP contribution in [0.5, 0.6) is 5.75 Å². The molecule has 2 rings (SSSR count). The van der Waals surface area contributed by atoms with Gasteiger partial charge in [0.15, 0.2) is 6.61 Å². The predicted molar refractivity (Wildman–Crippen MR) is 67.0 cm³/mol. The summed E-state index contributed by atoms with van der Waals surface area (Å²) in [5.74, 6) is 0.544. The molecule has 102 valence electrons. The Morgan fingerprint density at radius 2 is 2.21 bits per heavy atom. The summed E-state index contributed by atoms with van der Waals surface area (Å²) >= 11 is 0. The fourth-order valence-electron chi connectivity index (χ4n) is 1.53. The third kappa shape index (κ3) is 4.33. The maximum absolute atomic E-state index is 13.5. The first-order chi connectivity index (χ1) is 9.13. The smallest absolute Gasteiger partial charge is 0.213 e. The van der Waals surface area contributed by atoms with E-state index in [0.717, 1.165) is 5.56 Å². The fraction of sp³-hybridized carbons (Fsp3) is 0.385. The Hall–Kier alpha value is -1.95. The van der Waals surface area contributed by atoms with Gasteiger partial charge < -0.3 is 14.6 Å². The molecule has 0 unspecified atom stereocenters. The maximum atomic E-state index is 13.5. The van der Waals surface area contributed by atoms with Gasteiger partial charge >= 0.3 is 0 Å². The van der Waals surface area contributed by atoms with Crippen molar-refractivity contribution >= 4 is 0 Å². The van der Waals surface area contributed by atoms with E-state index in [1.165, 1.54) is 18.5 Å². The van der Waals surface area contributed by atoms with Crippen LogP contribution in [0.15, 0.2) is 29.1 Å². The summed E-state index contributed by atoms with van der Waals surface area (Å²) in [6, 6.07) is 4.95. The number of aromatic nitrogens is 2. The van der Waals surface area contributed by atoms with Gasteiger partial charge in [-0.05, 0) is 17.7 Å². The second kappa shape index (κ2) is 6.29. The number of nitrogens with one attached hydrogen (secondary N) is 1. The molecule has 5 nitrogen and oxygen atoms in total. The van der Waals surface area contributed by atoms with Gasteiger partial charge in [0.25, 0.3) is 0 Å². The Bertz CT molecular complexity index is 515. The zero-order valence-corrected chi connectivity index (χ0v) is 10.9. The van der Waals surface area contributed by atoms with Crippen LogP contribution in [0.2, 0.25) is 0 Å². The number of halogens is 1. The summed E-state index contributed by atoms with van der Waals surface area (Å²) in [7, 11) is 0. The molecular formula is C13H16FN3O2. The van der Waals surface area contributed by atoms with Gasteiger partial charge in [0.05, 0.1) is 0 Å². The number of hydrogen-bond acceptors (Lipinski definition) is 5. The lowest BCUT2D eigenvalue weighted by Crippen LogP contribution is -2.21. The SMILES string of the molecule is CC(C)NCc1cc(F)cc(OCc2ncon2)c1. The Morgan fingerprint density at radius 3 is 2.89 bits per heavy atom. The minimum atomic E-state index is -0.328. The lowest BCUT2D eigenvalue weighted by Gasteiger charge is -2.10. The third-order valence-corrected chi connectivity index (χ3v) is 2.42. The number of rotatable bonds is 6. The summed E-state index contributed by atoms with van der Waals surface area (Å²) in [5, 5.41) is 6.84. The topological polar surface area (TPSA) is 60.2 Å². The van der Waals surface area contributed by atoms with Crippen LogP contribution in [0.3, 0.4) is 0 Å². The highest BCUT2D eigenvalue weighted by atomic mass is 19.1. The first kappa shape index (κ1) is 13.5. The lowest BCUT2D eigenvalue weighted by atomic mass is 10.2. The van der Waals surface area contributed by atoms with Crippen molar-refractivity contribution in [2.24, 2.45) is 0 Å². The van der Waals surface area contributed by atoms with E-state index in [2.05, 4.69) is 20.0 Å². The molecule has 0 saturated carbocycles. The van der Waals surface area contributed by atoms with E-state index in [1.807, 2.05) is 13.8 Å². The average Bonchev–Trinajstić information content (AvgIpc) is 2.86. The van der Waals surface area contributed by atoms with E-state index in [4.69, 9.17) is 4.74 Å². The molecule has 1 heterocycles. The standard InChI is InChI=1S/C13H16FN3O2/c1-9(2)15-6-10-3-11(14)5-12(4-10)18-7-13-16-8-19-17-13/h3-5,8-9,15H,6-7H2,1-2H3. The molecule has 1 N–H and O–H groups in total. The van der Waals surface area contributed by atoms with Crippen LogP contribution in [0.25, 0.3) is 0 Å². The molecule has 0 spiro atoms. The highest BCUT2D eigenvalue weighted by Gasteiger charge is 2.05. The zero-order chi connectivity index (χ0) is 13.7. The molecule has 19 heavy (non-hydrogen) atoms. The molecule has 0 aliphatic rings. The summed E-state index contributed by atoms with van der Waals surface area (Å²) in [5.41, 5.74) is 0.830. The Balaban J connectivity index is 1.99. The van der Waals surface area contributed by atoms with E-state index in [0.29, 0.717) is 24.2 Å². The van der Waals surface area contributed by atoms with Gasteiger partial charge in [0.1, 0.15) is 11.6 Å². The van der Waals surface area contributed by atoms with Crippen LogP contribution in [-0.4, -0.2) is 16.2 Å². The lowest BCUT2D eigenvalue weighted by molar-refractivity contribution is 0.285. The van der Waals surface area contributed by atoms with Crippen molar-refractivity contribution in [3.8, 4) is 5.75 Å². The zero-order valence-electron chi connectivity index (χ0n) is 10.9. The molecule has 0 aliphatic heterocycles. The van der Waals surface area contributed by atoms with Crippen LogP contribution < -0.4 is 10.1 Å². The van der Waals surface area contributed by atoms with Crippen molar-refractivity contribution in [2.45, 2.75) is 33.0 Å². The van der Waals surface area contributed by atoms with Gasteiger partial charge in [-0.2, -0.15) is 4.98 Å². The van der Waals surface area contributed by atoms with Gasteiger partial charge in [-0.15, -0.1) is 0 Å². The van der Waals surface area contributed by atoms with Gasteiger partial charge in [-0.3, -0.25) is 0 Å². The van der Waals surface area contributed by atoms with E-state index >= 15 is 0 Å². The summed E-state index contributed by atoms with van der Waals surface area (Å²) in [4.78, 5) is 3.83. The van der Waals surface area contributed by atoms with Crippen LogP contribution in [-0.2, 0) is 13.2 Å². The first-order valence-electron chi connectivity index (χ1n) is 6.04. The van der Waals surface area contributed by atoms with Crippen molar-refractivity contribution in [1.29, 1.82) is 0 Å². The second-order valence-corrected chi connectivity index (χ2v) is 4.47. The fourth-order valence-corrected chi connectivity index (χ4v) is 1.53. The van der Waals surface area contributed by atoms with Crippen molar-refractivity contribution in [1.82, 2.24) is 15.5 Å². The van der Waals surface area contributed by atoms with E-state index in [1.54, 1.807) is 6.07 Å². The van der Waals surface area contributed by atoms with Crippen molar-refractivity contribution in [2.75, 3.05) is 0 Å². The molecule has 0 atom stereocenters. The van der Waals surface area contributed by atoms with Crippen molar-refractivity contribution in [3.05, 3.63) is 41.8 Å². The van der Waals surface area contributed by atoms with Gasteiger partial charge in [0, 0.05) is 18.7 Å². The highest BCUT2D eigenvalue weighted by molar-refractivity contribution is 5.29. The molecule has 1 aromatic heterocycles. The van der Waals surface area contributed by atoms with E-state index in [9.17, 15) is 4.39 Å². The molecule has 0 saturated heterocycles. The first-order valence-corrected chi connectivity index (χ1v) is 6.04. The summed E-state index contributed by atoms with van der Waals surface area (Å²) in [6.45, 7) is 4.81. The van der Waals surface area contributed by atoms with Crippen LogP contribution in [0.1, 0.15) is 25.2 Å². The number of ether oxygens (including phenoxy) is 1. The molecular weight excluding hydrogens is 249 g/mol. The van der Waals surface area contributed by atoms with E-state index < -0.39 is 0 Å². The Kier molecular flexibility index (Phi) is 4.46. The quantitative estimate of drug-likeness (QED) is 0.868. The summed E-state index contributed by atoms with van der Waals surface area (Å²) in [6.07, 6.45) is 1.22. The van der Waals surface area contributed by atoms with Crippen LogP contribution in [0.4, 0.5) is 4.39 Å². The number of nitrogens with zero attached hydrogens (tertiary/aromatic N) is 2. The minimum Gasteiger partial charge on any atom is -0.485 e. The van der Waals surface area contributed by atoms with Crippen molar-refractivity contribution in [3.63, 3.8) is 0 Å². The second-order valence-electron chi connectivity index (χ2n) is 4.47. The molecule has 0 radical (unpaired) electrons.